The second kappa shape index (κ2) is 60.1. The summed E-state index contributed by atoms with van der Waals surface area (Å²) < 4.78 is 23.9. The maximum atomic E-state index is 13.1. The number of likely N-dealkylation sites (N-methyl/N-ethyl adjacent to an activating group) is 1. The van der Waals surface area contributed by atoms with Crippen molar-refractivity contribution in [2.24, 2.45) is 0 Å². The molecule has 0 aromatic rings. The number of amides is 1. The molecule has 0 bridgehead atoms. The van der Waals surface area contributed by atoms with E-state index in [-0.39, 0.29) is 19.1 Å². The molecule has 462 valence electrons. The fourth-order valence-corrected chi connectivity index (χ4v) is 11.9. The highest BCUT2D eigenvalue weighted by molar-refractivity contribution is 7.47. The van der Waals surface area contributed by atoms with Gasteiger partial charge in [-0.3, -0.25) is 13.8 Å². The number of carbonyl (C=O) groups excluding carboxylic acids is 1. The zero-order valence-corrected chi connectivity index (χ0v) is 53.9. The van der Waals surface area contributed by atoms with Crippen molar-refractivity contribution in [2.45, 2.75) is 392 Å². The van der Waals surface area contributed by atoms with E-state index in [1.165, 1.54) is 315 Å². The minimum Gasteiger partial charge on any atom is -0.391 e. The van der Waals surface area contributed by atoms with E-state index in [0.717, 1.165) is 38.5 Å². The predicted octanol–water partition coefficient (Wildman–Crippen LogP) is 21.9. The van der Waals surface area contributed by atoms with E-state index in [1.807, 2.05) is 21.1 Å². The van der Waals surface area contributed by atoms with Crippen LogP contribution in [0.2, 0.25) is 0 Å². The number of aliphatic hydroxyl groups is 1. The second-order valence-corrected chi connectivity index (χ2v) is 27.1. The van der Waals surface area contributed by atoms with Gasteiger partial charge < -0.3 is 19.8 Å². The zero-order valence-electron chi connectivity index (χ0n) is 53.0. The lowest BCUT2D eigenvalue weighted by atomic mass is 10.0. The van der Waals surface area contributed by atoms with Gasteiger partial charge in [0.15, 0.2) is 0 Å². The van der Waals surface area contributed by atoms with E-state index in [0.29, 0.717) is 23.9 Å². The van der Waals surface area contributed by atoms with Crippen LogP contribution in [0.1, 0.15) is 380 Å². The quantitative estimate of drug-likeness (QED) is 0.0318. The lowest BCUT2D eigenvalue weighted by Gasteiger charge is -2.26. The predicted molar refractivity (Wildman–Crippen MR) is 337 cm³/mol. The van der Waals surface area contributed by atoms with Crippen molar-refractivity contribution in [1.29, 1.82) is 0 Å². The van der Waals surface area contributed by atoms with Crippen LogP contribution in [0.25, 0.3) is 0 Å². The normalized spacial score (nSPS) is 13.6. The fraction of sp³-hybridized carbons (Fsp3) is 0.985. The van der Waals surface area contributed by atoms with Gasteiger partial charge in [-0.2, -0.15) is 0 Å². The summed E-state index contributed by atoms with van der Waals surface area (Å²) in [4.78, 5) is 23.4. The first-order valence-corrected chi connectivity index (χ1v) is 36.4. The first-order valence-electron chi connectivity index (χ1n) is 34.9. The van der Waals surface area contributed by atoms with Crippen LogP contribution in [0, 0.1) is 0 Å². The molecule has 0 saturated heterocycles. The molecule has 0 saturated carbocycles. The van der Waals surface area contributed by atoms with Gasteiger partial charge in [-0.1, -0.05) is 361 Å². The highest BCUT2D eigenvalue weighted by atomic mass is 31.2. The van der Waals surface area contributed by atoms with Crippen molar-refractivity contribution in [2.75, 3.05) is 40.9 Å². The van der Waals surface area contributed by atoms with Gasteiger partial charge in [-0.05, 0) is 12.8 Å². The summed E-state index contributed by atoms with van der Waals surface area (Å²) in [5.41, 5.74) is 0. The van der Waals surface area contributed by atoms with Gasteiger partial charge in [-0.25, -0.2) is 4.57 Å². The van der Waals surface area contributed by atoms with E-state index in [2.05, 4.69) is 19.2 Å². The molecule has 3 N–H and O–H groups in total. The van der Waals surface area contributed by atoms with E-state index in [1.54, 1.807) is 0 Å². The number of hydrogen-bond acceptors (Lipinski definition) is 5. The minimum absolute atomic E-state index is 0.0794. The summed E-state index contributed by atoms with van der Waals surface area (Å²) >= 11 is 0. The van der Waals surface area contributed by atoms with Crippen LogP contribution in [-0.2, 0) is 18.4 Å². The molecule has 77 heavy (non-hydrogen) atoms. The van der Waals surface area contributed by atoms with Crippen molar-refractivity contribution in [3.63, 3.8) is 0 Å². The SMILES string of the molecule is CCCCCCCCCCCCCCCCCCCCCCCCCCCCCCCCCCCCCC(=O)NC(COP(=O)(O)OCC[N+](C)(C)C)C(O)CCCCCCCCCCCCCCCCCCCCCC. The fourth-order valence-electron chi connectivity index (χ4n) is 11.2. The molecule has 0 aliphatic carbocycles. The van der Waals surface area contributed by atoms with Gasteiger partial charge >= 0.3 is 7.82 Å². The van der Waals surface area contributed by atoms with Crippen molar-refractivity contribution in [3.8, 4) is 0 Å². The van der Waals surface area contributed by atoms with Gasteiger partial charge in [0.25, 0.3) is 0 Å². The lowest BCUT2D eigenvalue weighted by Crippen LogP contribution is -2.46. The maximum Gasteiger partial charge on any atom is 0.472 e. The Morgan fingerprint density at radius 2 is 0.623 bits per heavy atom. The van der Waals surface area contributed by atoms with E-state index >= 15 is 0 Å². The monoisotopic (exact) mass is 1110 g/mol. The molecule has 3 atom stereocenters. The van der Waals surface area contributed by atoms with Gasteiger partial charge in [0.1, 0.15) is 13.2 Å². The molecule has 0 radical (unpaired) electrons. The van der Waals surface area contributed by atoms with Crippen LogP contribution in [0.15, 0.2) is 0 Å². The van der Waals surface area contributed by atoms with E-state index in [9.17, 15) is 19.4 Å². The Morgan fingerprint density at radius 1 is 0.390 bits per heavy atom. The molecule has 0 fully saturated rings. The van der Waals surface area contributed by atoms with Crippen LogP contribution in [-0.4, -0.2) is 73.4 Å². The number of rotatable bonds is 66. The third-order valence-corrected chi connectivity index (χ3v) is 17.6. The summed E-state index contributed by atoms with van der Waals surface area (Å²) in [5.74, 6) is -0.133. The van der Waals surface area contributed by atoms with Crippen LogP contribution < -0.4 is 5.32 Å². The van der Waals surface area contributed by atoms with Gasteiger partial charge in [0, 0.05) is 6.42 Å². The number of unbranched alkanes of at least 4 members (excludes halogenated alkanes) is 53. The molecular weight excluding hydrogens is 972 g/mol. The highest BCUT2D eigenvalue weighted by Gasteiger charge is 2.28. The number of carbonyl (C=O) groups is 1. The molecule has 8 nitrogen and oxygen atoms in total. The largest absolute Gasteiger partial charge is 0.472 e. The molecule has 0 aromatic heterocycles. The zero-order chi connectivity index (χ0) is 56.3. The van der Waals surface area contributed by atoms with Gasteiger partial charge in [0.05, 0.1) is 39.9 Å². The average Bonchev–Trinajstić information content (AvgIpc) is 3.39. The summed E-state index contributed by atoms with van der Waals surface area (Å²) in [5, 5.41) is 14.1. The summed E-state index contributed by atoms with van der Waals surface area (Å²) in [7, 11) is 1.64. The molecule has 1 amide bonds. The molecular formula is C68H140N2O6P+. The van der Waals surface area contributed by atoms with Gasteiger partial charge in [-0.15, -0.1) is 0 Å². The smallest absolute Gasteiger partial charge is 0.391 e. The number of quaternary nitrogens is 1. The third kappa shape index (κ3) is 62.9. The Bertz CT molecular complexity index is 1220. The Kier molecular flexibility index (Phi) is 59.7. The Labute approximate surface area is 482 Å². The molecule has 3 unspecified atom stereocenters. The molecule has 0 aliphatic rings. The molecule has 0 aliphatic heterocycles. The third-order valence-electron chi connectivity index (χ3n) is 16.6. The molecule has 9 heteroatoms. The van der Waals surface area contributed by atoms with Crippen LogP contribution >= 0.6 is 7.82 Å². The average molecular weight is 1110 g/mol. The molecule has 0 rings (SSSR count). The first-order chi connectivity index (χ1) is 37.5. The Hall–Kier alpha value is -0.500. The van der Waals surface area contributed by atoms with Crippen LogP contribution in [0.3, 0.4) is 0 Å². The van der Waals surface area contributed by atoms with Crippen molar-refractivity contribution in [3.05, 3.63) is 0 Å². The lowest BCUT2D eigenvalue weighted by molar-refractivity contribution is -0.870. The summed E-state index contributed by atoms with van der Waals surface area (Å²) in [6.45, 7) is 4.96. The second-order valence-electron chi connectivity index (χ2n) is 25.6. The summed E-state index contributed by atoms with van der Waals surface area (Å²) in [6, 6.07) is -0.756. The van der Waals surface area contributed by atoms with Crippen molar-refractivity contribution in [1.82, 2.24) is 5.32 Å². The number of phosphoric ester groups is 1. The summed E-state index contributed by atoms with van der Waals surface area (Å²) in [6.07, 6.45) is 75.0. The van der Waals surface area contributed by atoms with E-state index in [4.69, 9.17) is 9.05 Å². The number of nitrogens with zero attached hydrogens (tertiary/aromatic N) is 1. The van der Waals surface area contributed by atoms with Gasteiger partial charge in [0.2, 0.25) is 5.91 Å². The van der Waals surface area contributed by atoms with Crippen molar-refractivity contribution < 1.29 is 32.9 Å². The Morgan fingerprint density at radius 3 is 0.870 bits per heavy atom. The maximum absolute atomic E-state index is 13.1. The number of aliphatic hydroxyl groups excluding tert-OH is 1. The molecule has 0 heterocycles. The van der Waals surface area contributed by atoms with Crippen LogP contribution in [0.4, 0.5) is 0 Å². The minimum atomic E-state index is -4.32. The topological polar surface area (TPSA) is 105 Å². The van der Waals surface area contributed by atoms with Crippen LogP contribution in [0.5, 0.6) is 0 Å². The molecule has 0 spiro atoms. The number of hydrogen-bond donors (Lipinski definition) is 3. The van der Waals surface area contributed by atoms with E-state index < -0.39 is 20.0 Å². The molecule has 0 aromatic carbocycles. The Balaban J connectivity index is 3.92. The van der Waals surface area contributed by atoms with Crippen molar-refractivity contribution >= 4 is 13.7 Å². The standard InChI is InChI=1S/C68H139N2O6P/c1-6-8-10-12-14-16-18-20-22-24-26-28-29-30-31-32-33-34-35-36-37-38-39-40-41-42-44-46-48-50-52-54-56-58-60-62-68(72)69-66(65-76-77(73,74)75-64-63-70(3,4)5)67(71)61-59-57-55-53-51-49-47-45-43-27-25-23-21-19-17-15-13-11-9-7-2/h66-67,71H,6-65H2,1-5H3,(H-,69,72,73,74)/p+1. The first kappa shape index (κ1) is 76.5. The number of phosphoric acid groups is 1. The highest BCUT2D eigenvalue weighted by Crippen LogP contribution is 2.43. The number of nitrogens with one attached hydrogen (secondary N) is 1.